The third kappa shape index (κ3) is 3.94. The fourth-order valence-electron chi connectivity index (χ4n) is 2.21. The average molecular weight is 301 g/mol. The Bertz CT molecular complexity index is 738. The van der Waals surface area contributed by atoms with E-state index >= 15 is 0 Å². The van der Waals surface area contributed by atoms with Crippen LogP contribution in [0, 0.1) is 13.8 Å². The van der Waals surface area contributed by atoms with Crippen molar-refractivity contribution < 1.29 is 9.53 Å². The number of rotatable bonds is 5. The number of H-pyrrole nitrogens is 1. The first-order chi connectivity index (χ1) is 10.5. The summed E-state index contributed by atoms with van der Waals surface area (Å²) in [5.74, 6) is 1.09. The lowest BCUT2D eigenvalue weighted by molar-refractivity contribution is -0.116. The summed E-state index contributed by atoms with van der Waals surface area (Å²) in [6, 6.07) is 7.12. The van der Waals surface area contributed by atoms with E-state index in [2.05, 4.69) is 15.3 Å². The molecule has 0 aliphatic heterocycles. The van der Waals surface area contributed by atoms with E-state index in [-0.39, 0.29) is 17.9 Å². The SMILES string of the molecule is COc1cccc(NC(=O)CCc2c(C)nc(C)[nH]c2=O)c1. The van der Waals surface area contributed by atoms with Gasteiger partial charge in [-0.1, -0.05) is 6.07 Å². The van der Waals surface area contributed by atoms with E-state index in [9.17, 15) is 9.59 Å². The maximum Gasteiger partial charge on any atom is 0.254 e. The van der Waals surface area contributed by atoms with Crippen molar-refractivity contribution in [1.29, 1.82) is 0 Å². The second-order valence-corrected chi connectivity index (χ2v) is 5.00. The second kappa shape index (κ2) is 6.89. The molecular formula is C16H19N3O3. The highest BCUT2D eigenvalue weighted by atomic mass is 16.5. The molecule has 6 heteroatoms. The number of ether oxygens (including phenoxy) is 1. The number of nitrogens with one attached hydrogen (secondary N) is 2. The van der Waals surface area contributed by atoms with E-state index in [0.717, 1.165) is 0 Å². The number of carbonyl (C=O) groups is 1. The minimum atomic E-state index is -0.181. The fraction of sp³-hybridized carbons (Fsp3) is 0.312. The van der Waals surface area contributed by atoms with Crippen molar-refractivity contribution in [2.75, 3.05) is 12.4 Å². The fourth-order valence-corrected chi connectivity index (χ4v) is 2.21. The van der Waals surface area contributed by atoms with Crippen LogP contribution in [0.3, 0.4) is 0 Å². The third-order valence-electron chi connectivity index (χ3n) is 3.30. The first-order valence-corrected chi connectivity index (χ1v) is 7.00. The number of nitrogens with zero attached hydrogens (tertiary/aromatic N) is 1. The number of hydrogen-bond donors (Lipinski definition) is 2. The molecule has 0 aliphatic rings. The Morgan fingerprint density at radius 2 is 2.14 bits per heavy atom. The summed E-state index contributed by atoms with van der Waals surface area (Å²) in [4.78, 5) is 30.7. The van der Waals surface area contributed by atoms with Crippen LogP contribution in [0.4, 0.5) is 5.69 Å². The van der Waals surface area contributed by atoms with E-state index < -0.39 is 0 Å². The summed E-state index contributed by atoms with van der Waals surface area (Å²) in [7, 11) is 1.57. The van der Waals surface area contributed by atoms with Gasteiger partial charge in [0.1, 0.15) is 11.6 Å². The normalized spacial score (nSPS) is 10.3. The van der Waals surface area contributed by atoms with Gasteiger partial charge in [0, 0.05) is 29.4 Å². The van der Waals surface area contributed by atoms with E-state index in [1.165, 1.54) is 0 Å². The zero-order valence-corrected chi connectivity index (χ0v) is 12.9. The number of amides is 1. The molecule has 0 aliphatic carbocycles. The van der Waals surface area contributed by atoms with Crippen LogP contribution in [0.2, 0.25) is 0 Å². The molecule has 1 aromatic carbocycles. The lowest BCUT2D eigenvalue weighted by Crippen LogP contribution is -2.20. The monoisotopic (exact) mass is 301 g/mol. The molecule has 0 saturated heterocycles. The van der Waals surface area contributed by atoms with E-state index in [4.69, 9.17) is 4.74 Å². The van der Waals surface area contributed by atoms with Crippen LogP contribution < -0.4 is 15.6 Å². The molecule has 2 rings (SSSR count). The number of methoxy groups -OCH3 is 1. The van der Waals surface area contributed by atoms with Gasteiger partial charge in [0.15, 0.2) is 0 Å². The topological polar surface area (TPSA) is 84.1 Å². The van der Waals surface area contributed by atoms with Gasteiger partial charge in [0.2, 0.25) is 5.91 Å². The van der Waals surface area contributed by atoms with Gasteiger partial charge in [-0.05, 0) is 32.4 Å². The second-order valence-electron chi connectivity index (χ2n) is 5.00. The van der Waals surface area contributed by atoms with Gasteiger partial charge >= 0.3 is 0 Å². The van der Waals surface area contributed by atoms with Crippen molar-refractivity contribution in [3.05, 3.63) is 51.7 Å². The largest absolute Gasteiger partial charge is 0.497 e. The highest BCUT2D eigenvalue weighted by molar-refractivity contribution is 5.91. The minimum Gasteiger partial charge on any atom is -0.497 e. The van der Waals surface area contributed by atoms with E-state index in [1.54, 1.807) is 45.2 Å². The summed E-state index contributed by atoms with van der Waals surface area (Å²) < 4.78 is 5.10. The quantitative estimate of drug-likeness (QED) is 0.884. The summed E-state index contributed by atoms with van der Waals surface area (Å²) >= 11 is 0. The number of aromatic amines is 1. The maximum absolute atomic E-state index is 12.0. The third-order valence-corrected chi connectivity index (χ3v) is 3.30. The smallest absolute Gasteiger partial charge is 0.254 e. The minimum absolute atomic E-state index is 0.160. The van der Waals surface area contributed by atoms with Crippen LogP contribution >= 0.6 is 0 Å². The molecular weight excluding hydrogens is 282 g/mol. The highest BCUT2D eigenvalue weighted by Gasteiger charge is 2.10. The van der Waals surface area contributed by atoms with Crippen LogP contribution in [-0.4, -0.2) is 23.0 Å². The van der Waals surface area contributed by atoms with E-state index in [0.29, 0.717) is 34.9 Å². The van der Waals surface area contributed by atoms with Gasteiger partial charge in [0.25, 0.3) is 5.56 Å². The molecule has 2 N–H and O–H groups in total. The van der Waals surface area contributed by atoms with Crippen molar-refractivity contribution in [3.8, 4) is 5.75 Å². The molecule has 0 bridgehead atoms. The molecule has 0 fully saturated rings. The lowest BCUT2D eigenvalue weighted by atomic mass is 10.1. The Labute approximate surface area is 128 Å². The Balaban J connectivity index is 2.00. The van der Waals surface area contributed by atoms with Crippen LogP contribution in [0.15, 0.2) is 29.1 Å². The molecule has 116 valence electrons. The maximum atomic E-state index is 12.0. The number of aryl methyl sites for hydroxylation is 2. The van der Waals surface area contributed by atoms with Crippen molar-refractivity contribution in [2.24, 2.45) is 0 Å². The number of hydrogen-bond acceptors (Lipinski definition) is 4. The number of aromatic nitrogens is 2. The van der Waals surface area contributed by atoms with Gasteiger partial charge in [-0.15, -0.1) is 0 Å². The zero-order chi connectivity index (χ0) is 16.1. The molecule has 0 saturated carbocycles. The van der Waals surface area contributed by atoms with Crippen molar-refractivity contribution in [2.45, 2.75) is 26.7 Å². The van der Waals surface area contributed by atoms with Crippen LogP contribution in [0.1, 0.15) is 23.5 Å². The molecule has 22 heavy (non-hydrogen) atoms. The van der Waals surface area contributed by atoms with E-state index in [1.807, 2.05) is 0 Å². The Morgan fingerprint density at radius 3 is 2.82 bits per heavy atom. The molecule has 2 aromatic rings. The predicted molar refractivity (Wildman–Crippen MR) is 84.3 cm³/mol. The van der Waals surface area contributed by atoms with Gasteiger partial charge in [-0.3, -0.25) is 9.59 Å². The average Bonchev–Trinajstić information content (AvgIpc) is 2.46. The lowest BCUT2D eigenvalue weighted by Gasteiger charge is -2.08. The number of carbonyl (C=O) groups excluding carboxylic acids is 1. The van der Waals surface area contributed by atoms with Gasteiger partial charge in [-0.25, -0.2) is 4.98 Å². The predicted octanol–water partition coefficient (Wildman–Crippen LogP) is 1.97. The molecule has 1 amide bonds. The Kier molecular flexibility index (Phi) is 4.93. The molecule has 0 atom stereocenters. The van der Waals surface area contributed by atoms with Crippen LogP contribution in [-0.2, 0) is 11.2 Å². The van der Waals surface area contributed by atoms with Crippen LogP contribution in [0.5, 0.6) is 5.75 Å². The summed E-state index contributed by atoms with van der Waals surface area (Å²) in [6.45, 7) is 3.51. The molecule has 1 aromatic heterocycles. The Morgan fingerprint density at radius 1 is 1.36 bits per heavy atom. The van der Waals surface area contributed by atoms with Crippen molar-refractivity contribution in [1.82, 2.24) is 9.97 Å². The number of anilines is 1. The molecule has 0 spiro atoms. The van der Waals surface area contributed by atoms with Crippen LogP contribution in [0.25, 0.3) is 0 Å². The Hall–Kier alpha value is -2.63. The molecule has 6 nitrogen and oxygen atoms in total. The molecule has 1 heterocycles. The summed E-state index contributed by atoms with van der Waals surface area (Å²) in [5, 5.41) is 2.79. The summed E-state index contributed by atoms with van der Waals surface area (Å²) in [6.07, 6.45) is 0.566. The van der Waals surface area contributed by atoms with Gasteiger partial charge in [-0.2, -0.15) is 0 Å². The highest BCUT2D eigenvalue weighted by Crippen LogP contribution is 2.17. The first-order valence-electron chi connectivity index (χ1n) is 7.00. The first kappa shape index (κ1) is 15.8. The zero-order valence-electron chi connectivity index (χ0n) is 12.9. The van der Waals surface area contributed by atoms with Crippen molar-refractivity contribution >= 4 is 11.6 Å². The van der Waals surface area contributed by atoms with Gasteiger partial charge < -0.3 is 15.0 Å². The number of benzene rings is 1. The summed E-state index contributed by atoms with van der Waals surface area (Å²) in [5.41, 5.74) is 1.69. The molecule has 0 radical (unpaired) electrons. The van der Waals surface area contributed by atoms with Gasteiger partial charge in [0.05, 0.1) is 7.11 Å². The standard InChI is InChI=1S/C16H19N3O3/c1-10-14(16(21)18-11(2)17-10)7-8-15(20)19-12-5-4-6-13(9-12)22-3/h4-6,9H,7-8H2,1-3H3,(H,19,20)(H,17,18,21). The van der Waals surface area contributed by atoms with Crippen molar-refractivity contribution in [3.63, 3.8) is 0 Å². The molecule has 0 unspecified atom stereocenters.